The standard InChI is InChI=1S/C24H20Cl2F2N4O3/c1-12(13-3-2-4-15(7-13)21(27)28)30-22(34)19(11-33)32-10-16-6-5-14(8-17(16)23(32)35)20-18(25)9-29-24(26)31-20/h2-9,12,19,21,33H,10-11H2,1H3,(H,30,34). The van der Waals surface area contributed by atoms with E-state index in [1.807, 2.05) is 0 Å². The Morgan fingerprint density at radius 2 is 1.94 bits per heavy atom. The van der Waals surface area contributed by atoms with Crippen LogP contribution in [0.4, 0.5) is 8.78 Å². The van der Waals surface area contributed by atoms with Crippen molar-refractivity contribution in [3.05, 3.63) is 81.2 Å². The van der Waals surface area contributed by atoms with Gasteiger partial charge in [0.15, 0.2) is 0 Å². The van der Waals surface area contributed by atoms with Gasteiger partial charge in [-0.25, -0.2) is 18.7 Å². The molecule has 3 aromatic rings. The van der Waals surface area contributed by atoms with Crippen LogP contribution in [0.3, 0.4) is 0 Å². The second-order valence-corrected chi connectivity index (χ2v) is 8.79. The monoisotopic (exact) mass is 520 g/mol. The number of hydrogen-bond donors (Lipinski definition) is 2. The molecule has 35 heavy (non-hydrogen) atoms. The molecular weight excluding hydrogens is 501 g/mol. The number of hydrogen-bond acceptors (Lipinski definition) is 5. The minimum absolute atomic E-state index is 0.00285. The summed E-state index contributed by atoms with van der Waals surface area (Å²) >= 11 is 12.1. The topological polar surface area (TPSA) is 95.4 Å². The fraction of sp³-hybridized carbons (Fsp3) is 0.250. The van der Waals surface area contributed by atoms with Crippen molar-refractivity contribution in [2.45, 2.75) is 32.0 Å². The maximum Gasteiger partial charge on any atom is 0.263 e. The molecule has 2 aromatic carbocycles. The number of benzene rings is 2. The van der Waals surface area contributed by atoms with E-state index in [0.717, 1.165) is 0 Å². The lowest BCUT2D eigenvalue weighted by atomic mass is 10.0. The first-order chi connectivity index (χ1) is 16.7. The Morgan fingerprint density at radius 1 is 1.20 bits per heavy atom. The molecule has 0 aliphatic carbocycles. The van der Waals surface area contributed by atoms with Gasteiger partial charge in [-0.3, -0.25) is 9.59 Å². The average Bonchev–Trinajstić information content (AvgIpc) is 3.16. The van der Waals surface area contributed by atoms with Gasteiger partial charge in [0.1, 0.15) is 6.04 Å². The molecule has 1 aliphatic rings. The lowest BCUT2D eigenvalue weighted by molar-refractivity contribution is -0.127. The van der Waals surface area contributed by atoms with Crippen LogP contribution in [-0.2, 0) is 11.3 Å². The second-order valence-electron chi connectivity index (χ2n) is 8.04. The molecule has 0 radical (unpaired) electrons. The number of carbonyl (C=O) groups excluding carboxylic acids is 2. The number of aliphatic hydroxyl groups excluding tert-OH is 1. The van der Waals surface area contributed by atoms with Crippen molar-refractivity contribution in [1.29, 1.82) is 0 Å². The van der Waals surface area contributed by atoms with E-state index in [1.54, 1.807) is 31.2 Å². The van der Waals surface area contributed by atoms with Gasteiger partial charge in [-0.1, -0.05) is 41.9 Å². The van der Waals surface area contributed by atoms with E-state index in [1.165, 1.54) is 29.3 Å². The number of nitrogens with zero attached hydrogens (tertiary/aromatic N) is 3. The Balaban J connectivity index is 1.53. The van der Waals surface area contributed by atoms with Gasteiger partial charge in [-0.05, 0) is 41.8 Å². The van der Waals surface area contributed by atoms with Crippen LogP contribution in [0.15, 0.2) is 48.7 Å². The lowest BCUT2D eigenvalue weighted by Crippen LogP contribution is -2.49. The zero-order valence-electron chi connectivity index (χ0n) is 18.4. The third kappa shape index (κ3) is 5.12. The SMILES string of the molecule is CC(NC(=O)C(CO)N1Cc2ccc(-c3nc(Cl)ncc3Cl)cc2C1=O)c1cccc(C(F)F)c1. The van der Waals surface area contributed by atoms with Crippen molar-refractivity contribution < 1.29 is 23.5 Å². The van der Waals surface area contributed by atoms with E-state index >= 15 is 0 Å². The predicted octanol–water partition coefficient (Wildman–Crippen LogP) is 4.58. The van der Waals surface area contributed by atoms with Crippen molar-refractivity contribution in [1.82, 2.24) is 20.2 Å². The van der Waals surface area contributed by atoms with Gasteiger partial charge in [-0.15, -0.1) is 0 Å². The molecule has 2 unspecified atom stereocenters. The van der Waals surface area contributed by atoms with Crippen LogP contribution in [0.2, 0.25) is 10.3 Å². The molecule has 0 fully saturated rings. The number of fused-ring (bicyclic) bond motifs is 1. The molecule has 1 aliphatic heterocycles. The normalized spacial score (nSPS) is 14.7. The molecule has 2 heterocycles. The van der Waals surface area contributed by atoms with Crippen molar-refractivity contribution in [3.8, 4) is 11.3 Å². The highest BCUT2D eigenvalue weighted by Crippen LogP contribution is 2.32. The number of halogens is 4. The van der Waals surface area contributed by atoms with E-state index in [2.05, 4.69) is 15.3 Å². The molecule has 4 rings (SSSR count). The Hall–Kier alpha value is -3.14. The lowest BCUT2D eigenvalue weighted by Gasteiger charge is -2.27. The highest BCUT2D eigenvalue weighted by molar-refractivity contribution is 6.33. The number of aromatic nitrogens is 2. The Morgan fingerprint density at radius 3 is 2.66 bits per heavy atom. The van der Waals surface area contributed by atoms with Gasteiger partial charge in [-0.2, -0.15) is 0 Å². The quantitative estimate of drug-likeness (QED) is 0.444. The zero-order chi connectivity index (χ0) is 25.3. The summed E-state index contributed by atoms with van der Waals surface area (Å²) in [6.07, 6.45) is -1.28. The molecule has 182 valence electrons. The van der Waals surface area contributed by atoms with Crippen molar-refractivity contribution >= 4 is 35.0 Å². The van der Waals surface area contributed by atoms with Gasteiger partial charge >= 0.3 is 0 Å². The first kappa shape index (κ1) is 25.0. The molecule has 0 saturated heterocycles. The number of aliphatic hydroxyl groups is 1. The van der Waals surface area contributed by atoms with E-state index in [-0.39, 0.29) is 22.4 Å². The third-order valence-electron chi connectivity index (χ3n) is 5.80. The number of carbonyl (C=O) groups is 2. The van der Waals surface area contributed by atoms with Gasteiger partial charge in [0.05, 0.1) is 29.6 Å². The Kier molecular flexibility index (Phi) is 7.30. The summed E-state index contributed by atoms with van der Waals surface area (Å²) in [6, 6.07) is 8.98. The Labute approximate surface area is 209 Å². The maximum atomic E-state index is 13.2. The fourth-order valence-electron chi connectivity index (χ4n) is 3.95. The van der Waals surface area contributed by atoms with E-state index < -0.39 is 36.9 Å². The number of nitrogens with one attached hydrogen (secondary N) is 1. The first-order valence-corrected chi connectivity index (χ1v) is 11.4. The molecule has 2 atom stereocenters. The molecule has 1 aromatic heterocycles. The first-order valence-electron chi connectivity index (χ1n) is 10.6. The minimum Gasteiger partial charge on any atom is -0.394 e. The molecule has 7 nitrogen and oxygen atoms in total. The summed E-state index contributed by atoms with van der Waals surface area (Å²) in [5.74, 6) is -1.05. The summed E-state index contributed by atoms with van der Waals surface area (Å²) in [5.41, 5.74) is 2.24. The molecule has 0 saturated carbocycles. The van der Waals surface area contributed by atoms with Gasteiger partial charge in [0.2, 0.25) is 11.2 Å². The van der Waals surface area contributed by atoms with Gasteiger partial charge in [0.25, 0.3) is 12.3 Å². The van der Waals surface area contributed by atoms with Gasteiger partial charge < -0.3 is 15.3 Å². The molecule has 2 N–H and O–H groups in total. The maximum absolute atomic E-state index is 13.2. The van der Waals surface area contributed by atoms with Crippen LogP contribution in [0.25, 0.3) is 11.3 Å². The number of rotatable bonds is 7. The summed E-state index contributed by atoms with van der Waals surface area (Å²) in [7, 11) is 0. The predicted molar refractivity (Wildman–Crippen MR) is 126 cm³/mol. The van der Waals surface area contributed by atoms with E-state index in [4.69, 9.17) is 23.2 Å². The Bertz CT molecular complexity index is 1290. The summed E-state index contributed by atoms with van der Waals surface area (Å²) in [4.78, 5) is 35.3. The van der Waals surface area contributed by atoms with Crippen molar-refractivity contribution in [3.63, 3.8) is 0 Å². The number of alkyl halides is 2. The highest BCUT2D eigenvalue weighted by Gasteiger charge is 2.37. The van der Waals surface area contributed by atoms with Crippen LogP contribution in [0.1, 0.15) is 46.4 Å². The van der Waals surface area contributed by atoms with E-state index in [0.29, 0.717) is 27.9 Å². The van der Waals surface area contributed by atoms with Crippen LogP contribution in [0, 0.1) is 0 Å². The molecule has 0 spiro atoms. The summed E-state index contributed by atoms with van der Waals surface area (Å²) < 4.78 is 26.1. The van der Waals surface area contributed by atoms with Crippen LogP contribution >= 0.6 is 23.2 Å². The molecular formula is C24H20Cl2F2N4O3. The molecule has 0 bridgehead atoms. The van der Waals surface area contributed by atoms with Crippen LogP contribution in [-0.4, -0.2) is 44.4 Å². The summed E-state index contributed by atoms with van der Waals surface area (Å²) in [5, 5.41) is 12.9. The molecule has 11 heteroatoms. The highest BCUT2D eigenvalue weighted by atomic mass is 35.5. The van der Waals surface area contributed by atoms with E-state index in [9.17, 15) is 23.5 Å². The van der Waals surface area contributed by atoms with Crippen LogP contribution in [0.5, 0.6) is 0 Å². The minimum atomic E-state index is -2.64. The third-order valence-corrected chi connectivity index (χ3v) is 6.26. The average molecular weight is 521 g/mol. The van der Waals surface area contributed by atoms with Crippen molar-refractivity contribution in [2.75, 3.05) is 6.61 Å². The smallest absolute Gasteiger partial charge is 0.263 e. The zero-order valence-corrected chi connectivity index (χ0v) is 19.9. The summed E-state index contributed by atoms with van der Waals surface area (Å²) in [6.45, 7) is 1.14. The number of amides is 2. The van der Waals surface area contributed by atoms with Crippen LogP contribution < -0.4 is 5.32 Å². The van der Waals surface area contributed by atoms with Crippen molar-refractivity contribution in [2.24, 2.45) is 0 Å². The largest absolute Gasteiger partial charge is 0.394 e. The van der Waals surface area contributed by atoms with Gasteiger partial charge in [0, 0.05) is 23.2 Å². The molecule has 2 amide bonds. The second kappa shape index (κ2) is 10.2. The fourth-order valence-corrected chi connectivity index (χ4v) is 4.28.